The lowest BCUT2D eigenvalue weighted by molar-refractivity contribution is -0.143. The van der Waals surface area contributed by atoms with Crippen LogP contribution >= 0.6 is 11.6 Å². The minimum atomic E-state index is -0.263. The first kappa shape index (κ1) is 19.7. The number of hydrogen-bond acceptors (Lipinski definition) is 5. The molecule has 1 saturated heterocycles. The highest BCUT2D eigenvalue weighted by molar-refractivity contribution is 6.29. The van der Waals surface area contributed by atoms with Crippen molar-refractivity contribution in [2.45, 2.75) is 45.2 Å². The summed E-state index contributed by atoms with van der Waals surface area (Å²) in [5.41, 5.74) is 0. The molecule has 25 heavy (non-hydrogen) atoms. The third-order valence-electron chi connectivity index (χ3n) is 4.54. The van der Waals surface area contributed by atoms with Crippen molar-refractivity contribution in [1.29, 1.82) is 0 Å². The van der Waals surface area contributed by atoms with Gasteiger partial charge in [-0.3, -0.25) is 9.59 Å². The molecule has 1 aromatic rings. The summed E-state index contributed by atoms with van der Waals surface area (Å²) in [6, 6.07) is 0.435. The maximum Gasteiger partial charge on any atom is 0.307 e. The topological polar surface area (TPSA) is 67.7 Å². The Morgan fingerprint density at radius 3 is 2.80 bits per heavy atom. The minimum absolute atomic E-state index is 0.139. The molecule has 0 radical (unpaired) electrons. The van der Waals surface area contributed by atoms with E-state index >= 15 is 0 Å². The quantitative estimate of drug-likeness (QED) is 0.650. The number of halogens is 1. The average molecular weight is 371 g/mol. The lowest BCUT2D eigenvalue weighted by Crippen LogP contribution is -2.34. The van der Waals surface area contributed by atoms with Gasteiger partial charge < -0.3 is 19.1 Å². The Labute approximate surface area is 153 Å². The number of likely N-dealkylation sites (N-methyl/N-ethyl adjacent to an activating group) is 1. The molecule has 1 atom stereocenters. The number of hydrogen-bond donors (Lipinski definition) is 0. The van der Waals surface area contributed by atoms with Gasteiger partial charge in [0.25, 0.3) is 0 Å². The van der Waals surface area contributed by atoms with Crippen LogP contribution in [0.15, 0.2) is 6.20 Å². The minimum Gasteiger partial charge on any atom is -0.466 e. The van der Waals surface area contributed by atoms with Gasteiger partial charge in [-0.15, -0.1) is 0 Å². The molecule has 0 aromatic carbocycles. The molecule has 0 bridgehead atoms. The first-order valence-electron chi connectivity index (χ1n) is 8.72. The van der Waals surface area contributed by atoms with Gasteiger partial charge in [0.15, 0.2) is 0 Å². The van der Waals surface area contributed by atoms with Crippen LogP contribution in [0, 0.1) is 0 Å². The van der Waals surface area contributed by atoms with Gasteiger partial charge in [0.05, 0.1) is 19.2 Å². The Morgan fingerprint density at radius 2 is 2.16 bits per heavy atom. The van der Waals surface area contributed by atoms with Gasteiger partial charge in [0.1, 0.15) is 11.0 Å². The fourth-order valence-electron chi connectivity index (χ4n) is 3.03. The Bertz CT molecular complexity index is 603. The predicted octanol–water partition coefficient (Wildman–Crippen LogP) is 1.58. The molecule has 0 saturated carbocycles. The summed E-state index contributed by atoms with van der Waals surface area (Å²) in [6.45, 7) is 4.14. The van der Waals surface area contributed by atoms with Gasteiger partial charge >= 0.3 is 5.97 Å². The van der Waals surface area contributed by atoms with Crippen LogP contribution in [-0.2, 0) is 27.3 Å². The molecular weight excluding hydrogens is 344 g/mol. The molecule has 0 unspecified atom stereocenters. The van der Waals surface area contributed by atoms with E-state index < -0.39 is 0 Å². The number of nitrogens with zero attached hydrogens (tertiary/aromatic N) is 4. The average Bonchev–Trinajstić information content (AvgIpc) is 3.18. The first-order chi connectivity index (χ1) is 11.9. The number of esters is 1. The molecule has 1 aliphatic rings. The van der Waals surface area contributed by atoms with Crippen molar-refractivity contribution in [3.8, 4) is 0 Å². The van der Waals surface area contributed by atoms with Crippen LogP contribution < -0.4 is 0 Å². The third kappa shape index (κ3) is 5.44. The largest absolute Gasteiger partial charge is 0.466 e. The second kappa shape index (κ2) is 9.20. The van der Waals surface area contributed by atoms with E-state index in [0.717, 1.165) is 25.3 Å². The maximum atomic E-state index is 12.4. The summed E-state index contributed by atoms with van der Waals surface area (Å²) in [7, 11) is 4.09. The number of aromatic nitrogens is 2. The number of carbonyl (C=O) groups excluding carboxylic acids is 2. The molecule has 8 heteroatoms. The molecule has 0 N–H and O–H groups in total. The summed E-state index contributed by atoms with van der Waals surface area (Å²) in [5, 5.41) is 0.473. The highest BCUT2D eigenvalue weighted by atomic mass is 35.5. The second-order valence-electron chi connectivity index (χ2n) is 6.45. The molecule has 1 amide bonds. The van der Waals surface area contributed by atoms with Crippen LogP contribution in [-0.4, -0.2) is 71.1 Å². The van der Waals surface area contributed by atoms with E-state index in [9.17, 15) is 9.59 Å². The van der Waals surface area contributed by atoms with Crippen molar-refractivity contribution in [3.63, 3.8) is 0 Å². The highest BCUT2D eigenvalue weighted by Crippen LogP contribution is 2.17. The molecule has 7 nitrogen and oxygen atoms in total. The Kier molecular flexibility index (Phi) is 7.25. The van der Waals surface area contributed by atoms with E-state index in [1.165, 1.54) is 0 Å². The number of rotatable bonds is 8. The van der Waals surface area contributed by atoms with Crippen molar-refractivity contribution in [2.75, 3.05) is 33.8 Å². The van der Waals surface area contributed by atoms with Crippen molar-refractivity contribution in [1.82, 2.24) is 19.4 Å². The van der Waals surface area contributed by atoms with Crippen LogP contribution in [0.3, 0.4) is 0 Å². The van der Waals surface area contributed by atoms with E-state index in [4.69, 9.17) is 16.3 Å². The van der Waals surface area contributed by atoms with Crippen LogP contribution in [0.1, 0.15) is 32.0 Å². The number of aryl methyl sites for hydroxylation is 1. The number of carbonyl (C=O) groups is 2. The number of likely N-dealkylation sites (tertiary alicyclic amines) is 1. The standard InChI is InChI=1S/C17H27ClN4O3/c1-4-25-17(24)8-10-22-14(18)11-19-15(22)5-6-16(23)21-9-7-13(12-21)20(2)3/h11,13H,4-10,12H2,1-3H3/t13-/m0/s1. The van der Waals surface area contributed by atoms with E-state index in [0.29, 0.717) is 37.2 Å². The summed E-state index contributed by atoms with van der Waals surface area (Å²) in [6.07, 6.45) is 3.72. The number of ether oxygens (including phenoxy) is 1. The molecule has 2 heterocycles. The fraction of sp³-hybridized carbons (Fsp3) is 0.706. The van der Waals surface area contributed by atoms with E-state index in [-0.39, 0.29) is 18.3 Å². The zero-order valence-electron chi connectivity index (χ0n) is 15.2. The van der Waals surface area contributed by atoms with Gasteiger partial charge in [0.2, 0.25) is 5.91 Å². The number of amides is 1. The van der Waals surface area contributed by atoms with Gasteiger partial charge in [-0.25, -0.2) is 4.98 Å². The van der Waals surface area contributed by atoms with E-state index in [1.54, 1.807) is 17.7 Å². The molecular formula is C17H27ClN4O3. The Morgan fingerprint density at radius 1 is 1.40 bits per heavy atom. The van der Waals surface area contributed by atoms with Crippen molar-refractivity contribution in [2.24, 2.45) is 0 Å². The lowest BCUT2D eigenvalue weighted by atomic mass is 10.2. The predicted molar refractivity (Wildman–Crippen MR) is 95.5 cm³/mol. The van der Waals surface area contributed by atoms with Gasteiger partial charge in [-0.05, 0) is 27.4 Å². The van der Waals surface area contributed by atoms with Crippen LogP contribution in [0.5, 0.6) is 0 Å². The zero-order chi connectivity index (χ0) is 18.4. The lowest BCUT2D eigenvalue weighted by Gasteiger charge is -2.20. The molecule has 2 rings (SSSR count). The maximum absolute atomic E-state index is 12.4. The highest BCUT2D eigenvalue weighted by Gasteiger charge is 2.27. The Hall–Kier alpha value is -1.60. The third-order valence-corrected chi connectivity index (χ3v) is 4.84. The first-order valence-corrected chi connectivity index (χ1v) is 9.09. The molecule has 0 spiro atoms. The SMILES string of the molecule is CCOC(=O)CCn1c(Cl)cnc1CCC(=O)N1CC[C@H](N(C)C)C1. The van der Waals surface area contributed by atoms with Crippen LogP contribution in [0.4, 0.5) is 0 Å². The molecule has 1 aliphatic heterocycles. The summed E-state index contributed by atoms with van der Waals surface area (Å²) in [4.78, 5) is 32.3. The summed E-state index contributed by atoms with van der Waals surface area (Å²) < 4.78 is 6.71. The molecule has 1 aromatic heterocycles. The van der Waals surface area contributed by atoms with Crippen LogP contribution in [0.25, 0.3) is 0 Å². The molecule has 140 valence electrons. The summed E-state index contributed by atoms with van der Waals surface area (Å²) >= 11 is 6.15. The van der Waals surface area contributed by atoms with Crippen LogP contribution in [0.2, 0.25) is 5.15 Å². The second-order valence-corrected chi connectivity index (χ2v) is 6.84. The van der Waals surface area contributed by atoms with E-state index in [1.807, 2.05) is 19.0 Å². The molecule has 0 aliphatic carbocycles. The van der Waals surface area contributed by atoms with Crippen molar-refractivity contribution in [3.05, 3.63) is 17.2 Å². The number of imidazole rings is 1. The zero-order valence-corrected chi connectivity index (χ0v) is 16.0. The fourth-order valence-corrected chi connectivity index (χ4v) is 3.26. The Balaban J connectivity index is 1.86. The van der Waals surface area contributed by atoms with Crippen molar-refractivity contribution >= 4 is 23.5 Å². The normalized spacial score (nSPS) is 17.3. The van der Waals surface area contributed by atoms with Gasteiger partial charge in [0, 0.05) is 38.5 Å². The van der Waals surface area contributed by atoms with E-state index in [2.05, 4.69) is 9.88 Å². The monoisotopic (exact) mass is 370 g/mol. The summed E-state index contributed by atoms with van der Waals surface area (Å²) in [5.74, 6) is 0.604. The smallest absolute Gasteiger partial charge is 0.307 e. The van der Waals surface area contributed by atoms with Gasteiger partial charge in [-0.1, -0.05) is 11.6 Å². The van der Waals surface area contributed by atoms with Gasteiger partial charge in [-0.2, -0.15) is 0 Å². The molecule has 1 fully saturated rings. The van der Waals surface area contributed by atoms with Crippen molar-refractivity contribution < 1.29 is 14.3 Å².